The maximum atomic E-state index is 13.2. The van der Waals surface area contributed by atoms with Crippen LogP contribution in [0.3, 0.4) is 0 Å². The van der Waals surface area contributed by atoms with Crippen molar-refractivity contribution < 1.29 is 13.9 Å². The van der Waals surface area contributed by atoms with Gasteiger partial charge in [0.1, 0.15) is 21.3 Å². The lowest BCUT2D eigenvalue weighted by atomic mass is 10.0. The highest BCUT2D eigenvalue weighted by Gasteiger charge is 2.48. The highest BCUT2D eigenvalue weighted by Crippen LogP contribution is 2.55. The zero-order chi connectivity index (χ0) is 15.4. The Morgan fingerprint density at radius 1 is 1.38 bits per heavy atom. The molecule has 0 atom stereocenters. The normalized spacial score (nSPS) is 16.0. The van der Waals surface area contributed by atoms with Gasteiger partial charge in [0.15, 0.2) is 11.5 Å². The largest absolute Gasteiger partial charge is 0.505 e. The van der Waals surface area contributed by atoms with Gasteiger partial charge in [0, 0.05) is 0 Å². The minimum atomic E-state index is -0.801. The topological polar surface area (TPSA) is 50.4 Å². The Kier molecular flexibility index (Phi) is 3.26. The van der Waals surface area contributed by atoms with E-state index in [1.165, 1.54) is 18.2 Å². The molecule has 0 bridgehead atoms. The van der Waals surface area contributed by atoms with Crippen molar-refractivity contribution in [3.8, 4) is 16.9 Å². The fraction of sp³-hybridized carbons (Fsp3) is 0.267. The van der Waals surface area contributed by atoms with E-state index in [9.17, 15) is 14.3 Å². The Balaban J connectivity index is 2.25. The van der Waals surface area contributed by atoms with Crippen LogP contribution in [0.1, 0.15) is 24.2 Å². The first-order chi connectivity index (χ1) is 9.83. The molecule has 1 heterocycles. The molecule has 0 spiro atoms. The molecule has 1 aliphatic rings. The molecule has 0 saturated heterocycles. The minimum absolute atomic E-state index is 0.0687. The molecule has 0 aliphatic heterocycles. The molecule has 1 fully saturated rings. The van der Waals surface area contributed by atoms with E-state index in [2.05, 4.69) is 0 Å². The van der Waals surface area contributed by atoms with Crippen LogP contribution < -0.4 is 5.63 Å². The standard InChI is InChI=1S/C15H11Cl2FO3/c1-7-6-8(18)2-3-9(7)10-12(19)11(16)13(21-14(10)20)15(17)4-5-15/h2-3,6,19H,4-5H2,1H3. The first-order valence-electron chi connectivity index (χ1n) is 6.35. The van der Waals surface area contributed by atoms with Crippen LogP contribution in [-0.4, -0.2) is 5.11 Å². The van der Waals surface area contributed by atoms with Gasteiger partial charge in [-0.25, -0.2) is 9.18 Å². The SMILES string of the molecule is Cc1cc(F)ccc1-c1c(O)c(Cl)c(C2(Cl)CC2)oc1=O. The highest BCUT2D eigenvalue weighted by molar-refractivity contribution is 6.35. The number of hydrogen-bond acceptors (Lipinski definition) is 3. The third kappa shape index (κ3) is 2.32. The number of aryl methyl sites for hydroxylation is 1. The van der Waals surface area contributed by atoms with Gasteiger partial charge in [-0.2, -0.15) is 0 Å². The maximum Gasteiger partial charge on any atom is 0.347 e. The number of benzene rings is 1. The Hall–Kier alpha value is -1.52. The molecule has 0 unspecified atom stereocenters. The van der Waals surface area contributed by atoms with Crippen LogP contribution in [0.25, 0.3) is 11.1 Å². The van der Waals surface area contributed by atoms with Crippen LogP contribution >= 0.6 is 23.2 Å². The van der Waals surface area contributed by atoms with Crippen molar-refractivity contribution in [1.82, 2.24) is 0 Å². The monoisotopic (exact) mass is 328 g/mol. The van der Waals surface area contributed by atoms with E-state index in [1.807, 2.05) is 0 Å². The van der Waals surface area contributed by atoms with Crippen molar-refractivity contribution in [3.05, 3.63) is 50.8 Å². The Morgan fingerprint density at radius 2 is 2.05 bits per heavy atom. The fourth-order valence-corrected chi connectivity index (χ4v) is 2.86. The van der Waals surface area contributed by atoms with Gasteiger partial charge in [-0.3, -0.25) is 0 Å². The van der Waals surface area contributed by atoms with Crippen LogP contribution in [0.15, 0.2) is 27.4 Å². The number of alkyl halides is 1. The van der Waals surface area contributed by atoms with E-state index in [0.29, 0.717) is 24.0 Å². The Bertz CT molecular complexity index is 794. The molecular weight excluding hydrogens is 318 g/mol. The van der Waals surface area contributed by atoms with E-state index in [-0.39, 0.29) is 22.1 Å². The molecule has 6 heteroatoms. The highest BCUT2D eigenvalue weighted by atomic mass is 35.5. The second kappa shape index (κ2) is 4.75. The Morgan fingerprint density at radius 3 is 2.62 bits per heavy atom. The summed E-state index contributed by atoms with van der Waals surface area (Å²) in [6.45, 7) is 1.63. The summed E-state index contributed by atoms with van der Waals surface area (Å²) < 4.78 is 18.4. The average molecular weight is 329 g/mol. The van der Waals surface area contributed by atoms with Crippen molar-refractivity contribution in [2.24, 2.45) is 0 Å². The summed E-state index contributed by atoms with van der Waals surface area (Å²) in [6, 6.07) is 3.87. The summed E-state index contributed by atoms with van der Waals surface area (Å²) in [5, 5.41) is 10.2. The summed E-state index contributed by atoms with van der Waals surface area (Å²) in [5.74, 6) is -0.720. The summed E-state index contributed by atoms with van der Waals surface area (Å²) >= 11 is 12.3. The number of hydrogen-bond donors (Lipinski definition) is 1. The van der Waals surface area contributed by atoms with Crippen LogP contribution in [0.2, 0.25) is 5.02 Å². The van der Waals surface area contributed by atoms with E-state index in [4.69, 9.17) is 27.6 Å². The van der Waals surface area contributed by atoms with Crippen LogP contribution in [0.4, 0.5) is 4.39 Å². The molecule has 1 N–H and O–H groups in total. The van der Waals surface area contributed by atoms with Crippen molar-refractivity contribution in [2.45, 2.75) is 24.6 Å². The second-order valence-electron chi connectivity index (χ2n) is 5.18. The summed E-state index contributed by atoms with van der Waals surface area (Å²) in [7, 11) is 0. The second-order valence-corrected chi connectivity index (χ2v) is 6.28. The summed E-state index contributed by atoms with van der Waals surface area (Å²) in [4.78, 5) is 11.4. The lowest BCUT2D eigenvalue weighted by Gasteiger charge is -2.12. The van der Waals surface area contributed by atoms with Gasteiger partial charge >= 0.3 is 5.63 Å². The molecule has 0 amide bonds. The molecule has 1 aliphatic carbocycles. The van der Waals surface area contributed by atoms with E-state index in [1.54, 1.807) is 6.92 Å². The van der Waals surface area contributed by atoms with Gasteiger partial charge in [0.05, 0.1) is 0 Å². The third-order valence-corrected chi connectivity index (χ3v) is 4.50. The van der Waals surface area contributed by atoms with Crippen molar-refractivity contribution in [1.29, 1.82) is 0 Å². The molecule has 3 rings (SSSR count). The molecule has 1 aromatic carbocycles. The van der Waals surface area contributed by atoms with Gasteiger partial charge in [-0.1, -0.05) is 17.7 Å². The van der Waals surface area contributed by atoms with Gasteiger partial charge < -0.3 is 9.52 Å². The third-order valence-electron chi connectivity index (χ3n) is 3.60. The quantitative estimate of drug-likeness (QED) is 0.834. The van der Waals surface area contributed by atoms with Crippen LogP contribution in [0, 0.1) is 12.7 Å². The molecule has 110 valence electrons. The zero-order valence-corrected chi connectivity index (χ0v) is 12.6. The molecule has 21 heavy (non-hydrogen) atoms. The predicted octanol–water partition coefficient (Wildman–Crippen LogP) is 4.34. The van der Waals surface area contributed by atoms with E-state index >= 15 is 0 Å². The van der Waals surface area contributed by atoms with Gasteiger partial charge in [0.2, 0.25) is 0 Å². The molecule has 2 aromatic rings. The fourth-order valence-electron chi connectivity index (χ4n) is 2.27. The number of rotatable bonds is 2. The molecular formula is C15H11Cl2FO3. The average Bonchev–Trinajstić information content (AvgIpc) is 3.15. The predicted molar refractivity (Wildman–Crippen MR) is 78.5 cm³/mol. The van der Waals surface area contributed by atoms with Gasteiger partial charge in [0.25, 0.3) is 0 Å². The molecule has 3 nitrogen and oxygen atoms in total. The lowest BCUT2D eigenvalue weighted by molar-refractivity contribution is 0.421. The zero-order valence-electron chi connectivity index (χ0n) is 11.0. The first-order valence-corrected chi connectivity index (χ1v) is 7.10. The van der Waals surface area contributed by atoms with Gasteiger partial charge in [-0.15, -0.1) is 11.6 Å². The molecule has 1 saturated carbocycles. The number of halogens is 3. The van der Waals surface area contributed by atoms with E-state index < -0.39 is 16.3 Å². The van der Waals surface area contributed by atoms with Crippen LogP contribution in [0.5, 0.6) is 5.75 Å². The van der Waals surface area contributed by atoms with Crippen molar-refractivity contribution in [2.75, 3.05) is 0 Å². The van der Waals surface area contributed by atoms with E-state index in [0.717, 1.165) is 0 Å². The Labute approximate surface area is 129 Å². The lowest BCUT2D eigenvalue weighted by Crippen LogP contribution is -2.10. The number of aromatic hydroxyl groups is 1. The van der Waals surface area contributed by atoms with Crippen molar-refractivity contribution in [3.63, 3.8) is 0 Å². The minimum Gasteiger partial charge on any atom is -0.505 e. The van der Waals surface area contributed by atoms with Gasteiger partial charge in [-0.05, 0) is 43.0 Å². The van der Waals surface area contributed by atoms with Crippen LogP contribution in [-0.2, 0) is 4.87 Å². The summed E-state index contributed by atoms with van der Waals surface area (Å²) in [5.41, 5.74) is 0.0413. The van der Waals surface area contributed by atoms with Crippen molar-refractivity contribution >= 4 is 23.2 Å². The maximum absolute atomic E-state index is 13.2. The summed E-state index contributed by atoms with van der Waals surface area (Å²) in [6.07, 6.45) is 1.26. The molecule has 0 radical (unpaired) electrons. The first kappa shape index (κ1) is 14.4. The smallest absolute Gasteiger partial charge is 0.347 e. The molecule has 1 aromatic heterocycles.